The number of benzene rings is 1. The Hall–Kier alpha value is 0.420. The summed E-state index contributed by atoms with van der Waals surface area (Å²) in [5.41, 5.74) is 0. The Bertz CT molecular complexity index is 357. The zero-order valence-corrected chi connectivity index (χ0v) is 11.4. The summed E-state index contributed by atoms with van der Waals surface area (Å²) in [5.74, 6) is 0.159. The summed E-state index contributed by atoms with van der Waals surface area (Å²) in [5, 5.41) is 0. The maximum Gasteiger partial charge on any atom is 1.00 e. The molecule has 14 heavy (non-hydrogen) atoms. The van der Waals surface area contributed by atoms with E-state index >= 15 is 0 Å². The number of halogens is 1. The molecule has 0 amide bonds. The van der Waals surface area contributed by atoms with Crippen LogP contribution in [0.3, 0.4) is 0 Å². The summed E-state index contributed by atoms with van der Waals surface area (Å²) in [6.07, 6.45) is 0. The van der Waals surface area contributed by atoms with Crippen LogP contribution < -0.4 is 29.6 Å². The average molecular weight is 245 g/mol. The first-order valence-electron chi connectivity index (χ1n) is 3.67. The SMILES string of the molecule is O=S(=O)(OCCCl)c1ccccc1.[H-].[Na+]. The van der Waals surface area contributed by atoms with Crippen molar-refractivity contribution in [2.75, 3.05) is 12.5 Å². The molecule has 0 aromatic heterocycles. The molecule has 3 nitrogen and oxygen atoms in total. The van der Waals surface area contributed by atoms with E-state index in [0.717, 1.165) is 0 Å². The molecule has 6 heteroatoms. The quantitative estimate of drug-likeness (QED) is 0.378. The Morgan fingerprint density at radius 2 is 1.86 bits per heavy atom. The summed E-state index contributed by atoms with van der Waals surface area (Å²) < 4.78 is 27.2. The molecule has 1 aromatic rings. The standard InChI is InChI=1S/C8H9ClO3S.Na.H/c9-6-7-12-13(10,11)8-4-2-1-3-5-8;;/h1-5H,6-7H2;;/q;+1;-1. The van der Waals surface area contributed by atoms with Gasteiger partial charge in [-0.2, -0.15) is 8.42 Å². The fourth-order valence-corrected chi connectivity index (χ4v) is 1.89. The van der Waals surface area contributed by atoms with Gasteiger partial charge in [0.1, 0.15) is 0 Å². The average Bonchev–Trinajstić information content (AvgIpc) is 2.16. The molecule has 0 radical (unpaired) electrons. The predicted molar refractivity (Wildman–Crippen MR) is 51.4 cm³/mol. The van der Waals surface area contributed by atoms with Gasteiger partial charge in [0.2, 0.25) is 0 Å². The summed E-state index contributed by atoms with van der Waals surface area (Å²) in [4.78, 5) is 0.153. The molecule has 1 rings (SSSR count). The van der Waals surface area contributed by atoms with Gasteiger partial charge in [-0.15, -0.1) is 11.6 Å². The van der Waals surface area contributed by atoms with Gasteiger partial charge in [0.25, 0.3) is 10.1 Å². The van der Waals surface area contributed by atoms with Crippen molar-refractivity contribution in [3.63, 3.8) is 0 Å². The van der Waals surface area contributed by atoms with Crippen LogP contribution in [-0.4, -0.2) is 20.9 Å². The van der Waals surface area contributed by atoms with Crippen molar-refractivity contribution in [2.24, 2.45) is 0 Å². The molecule has 1 aromatic carbocycles. The summed E-state index contributed by atoms with van der Waals surface area (Å²) >= 11 is 5.31. The molecule has 0 heterocycles. The van der Waals surface area contributed by atoms with Gasteiger partial charge in [0, 0.05) is 5.88 Å². The second kappa shape index (κ2) is 6.82. The Morgan fingerprint density at radius 3 is 2.36 bits per heavy atom. The van der Waals surface area contributed by atoms with E-state index < -0.39 is 10.1 Å². The van der Waals surface area contributed by atoms with Crippen LogP contribution in [0.25, 0.3) is 0 Å². The topological polar surface area (TPSA) is 43.4 Å². The van der Waals surface area contributed by atoms with E-state index in [1.54, 1.807) is 18.2 Å². The van der Waals surface area contributed by atoms with Gasteiger partial charge < -0.3 is 1.43 Å². The van der Waals surface area contributed by atoms with E-state index in [-0.39, 0.29) is 48.4 Å². The van der Waals surface area contributed by atoms with Crippen LogP contribution in [0.4, 0.5) is 0 Å². The molecule has 0 atom stereocenters. The van der Waals surface area contributed by atoms with Crippen molar-refractivity contribution >= 4 is 21.7 Å². The molecular weight excluding hydrogens is 235 g/mol. The molecule has 0 saturated heterocycles. The largest absolute Gasteiger partial charge is 1.00 e. The third-order valence-corrected chi connectivity index (χ3v) is 2.83. The van der Waals surface area contributed by atoms with Crippen molar-refractivity contribution in [3.05, 3.63) is 30.3 Å². The van der Waals surface area contributed by atoms with Crippen LogP contribution >= 0.6 is 11.6 Å². The van der Waals surface area contributed by atoms with Crippen LogP contribution in [0, 0.1) is 0 Å². The first-order chi connectivity index (χ1) is 6.17. The summed E-state index contributed by atoms with van der Waals surface area (Å²) in [6, 6.07) is 7.96. The predicted octanol–water partition coefficient (Wildman–Crippen LogP) is -1.25. The van der Waals surface area contributed by atoms with Crippen LogP contribution in [0.2, 0.25) is 0 Å². The van der Waals surface area contributed by atoms with E-state index in [0.29, 0.717) is 0 Å². The van der Waals surface area contributed by atoms with Gasteiger partial charge in [-0.3, -0.25) is 4.18 Å². The number of alkyl halides is 1. The number of hydrogen-bond donors (Lipinski definition) is 0. The molecule has 74 valence electrons. The van der Waals surface area contributed by atoms with Gasteiger partial charge in [0.05, 0.1) is 11.5 Å². The Kier molecular flexibility index (Phi) is 7.03. The van der Waals surface area contributed by atoms with E-state index in [1.165, 1.54) is 12.1 Å². The van der Waals surface area contributed by atoms with Crippen LogP contribution in [0.15, 0.2) is 35.2 Å². The van der Waals surface area contributed by atoms with Crippen molar-refractivity contribution < 1.29 is 43.6 Å². The van der Waals surface area contributed by atoms with E-state index in [1.807, 2.05) is 0 Å². The van der Waals surface area contributed by atoms with Crippen LogP contribution in [0.5, 0.6) is 0 Å². The fraction of sp³-hybridized carbons (Fsp3) is 0.250. The third kappa shape index (κ3) is 4.29. The van der Waals surface area contributed by atoms with E-state index in [2.05, 4.69) is 4.18 Å². The normalized spacial score (nSPS) is 10.6. The summed E-state index contributed by atoms with van der Waals surface area (Å²) in [7, 11) is -3.61. The van der Waals surface area contributed by atoms with Gasteiger partial charge >= 0.3 is 29.6 Å². The van der Waals surface area contributed by atoms with Crippen LogP contribution in [-0.2, 0) is 14.3 Å². The fourth-order valence-electron chi connectivity index (χ4n) is 0.796. The third-order valence-electron chi connectivity index (χ3n) is 1.35. The minimum atomic E-state index is -3.61. The first-order valence-corrected chi connectivity index (χ1v) is 5.61. The maximum absolute atomic E-state index is 11.3. The van der Waals surface area contributed by atoms with E-state index in [9.17, 15) is 8.42 Å². The molecule has 0 bridgehead atoms. The second-order valence-corrected chi connectivity index (χ2v) is 4.27. The van der Waals surface area contributed by atoms with Crippen molar-refractivity contribution in [1.29, 1.82) is 0 Å². The van der Waals surface area contributed by atoms with Gasteiger partial charge in [-0.1, -0.05) is 18.2 Å². The van der Waals surface area contributed by atoms with Crippen molar-refractivity contribution in [1.82, 2.24) is 0 Å². The van der Waals surface area contributed by atoms with Crippen molar-refractivity contribution in [2.45, 2.75) is 4.90 Å². The zero-order chi connectivity index (χ0) is 9.73. The monoisotopic (exact) mass is 244 g/mol. The molecular formula is C8H10ClNaO3S. The Balaban J connectivity index is 0. The van der Waals surface area contributed by atoms with E-state index in [4.69, 9.17) is 11.6 Å². The Morgan fingerprint density at radius 1 is 1.29 bits per heavy atom. The molecule has 0 spiro atoms. The number of rotatable bonds is 4. The number of hydrogen-bond acceptors (Lipinski definition) is 3. The minimum absolute atomic E-state index is 0. The molecule has 0 aliphatic rings. The zero-order valence-electron chi connectivity index (χ0n) is 8.81. The smallest absolute Gasteiger partial charge is 1.00 e. The summed E-state index contributed by atoms with van der Waals surface area (Å²) in [6.45, 7) is -0.00121. The molecule has 0 fully saturated rings. The van der Waals surface area contributed by atoms with Crippen LogP contribution in [0.1, 0.15) is 1.43 Å². The van der Waals surface area contributed by atoms with Crippen molar-refractivity contribution in [3.8, 4) is 0 Å². The van der Waals surface area contributed by atoms with Gasteiger partial charge in [0.15, 0.2) is 0 Å². The molecule has 0 unspecified atom stereocenters. The van der Waals surface area contributed by atoms with Gasteiger partial charge in [-0.25, -0.2) is 0 Å². The molecule has 0 aliphatic heterocycles. The molecule has 0 saturated carbocycles. The minimum Gasteiger partial charge on any atom is -1.00 e. The maximum atomic E-state index is 11.3. The Labute approximate surface area is 112 Å². The van der Waals surface area contributed by atoms with Gasteiger partial charge in [-0.05, 0) is 12.1 Å². The first kappa shape index (κ1) is 14.4. The molecule has 0 aliphatic carbocycles. The second-order valence-electron chi connectivity index (χ2n) is 2.28. The molecule has 0 N–H and O–H groups in total.